The third-order valence-electron chi connectivity index (χ3n) is 3.91. The normalized spacial score (nSPS) is 11.5. The summed E-state index contributed by atoms with van der Waals surface area (Å²) in [4.78, 5) is 10.3. The minimum absolute atomic E-state index is 0.0810. The fourth-order valence-electron chi connectivity index (χ4n) is 2.36. The Morgan fingerprint density at radius 3 is 2.27 bits per heavy atom. The van der Waals surface area contributed by atoms with Gasteiger partial charge in [0, 0.05) is 23.4 Å². The van der Waals surface area contributed by atoms with Crippen molar-refractivity contribution in [2.75, 3.05) is 0 Å². The fourth-order valence-corrected chi connectivity index (χ4v) is 3.08. The number of hydrogen-bond acceptors (Lipinski definition) is 6. The average molecular weight is 369 g/mol. The molecule has 0 unspecified atom stereocenters. The first-order valence-electron chi connectivity index (χ1n) is 8.13. The predicted molar refractivity (Wildman–Crippen MR) is 101 cm³/mol. The largest absolute Gasteiger partial charge is 0.411 e. The summed E-state index contributed by atoms with van der Waals surface area (Å²) in [6, 6.07) is 14.6. The molecule has 0 spiro atoms. The lowest BCUT2D eigenvalue weighted by molar-refractivity contribution is -0.384. The maximum absolute atomic E-state index is 10.7. The molecule has 0 saturated carbocycles. The van der Waals surface area contributed by atoms with Crippen molar-refractivity contribution in [1.82, 2.24) is 10.2 Å². The van der Waals surface area contributed by atoms with Crippen LogP contribution in [0.15, 0.2) is 58.2 Å². The van der Waals surface area contributed by atoms with E-state index < -0.39 is 4.92 Å². The second kappa shape index (κ2) is 7.29. The summed E-state index contributed by atoms with van der Waals surface area (Å²) >= 11 is 1.40. The molecule has 0 aliphatic carbocycles. The topological polar surface area (TPSA) is 82.1 Å². The Morgan fingerprint density at radius 2 is 1.69 bits per heavy atom. The van der Waals surface area contributed by atoms with E-state index in [-0.39, 0.29) is 11.1 Å². The highest BCUT2D eigenvalue weighted by Crippen LogP contribution is 2.28. The molecule has 0 atom stereocenters. The van der Waals surface area contributed by atoms with Crippen LogP contribution >= 0.6 is 11.8 Å². The van der Waals surface area contributed by atoms with Gasteiger partial charge in [-0.25, -0.2) is 0 Å². The summed E-state index contributed by atoms with van der Waals surface area (Å²) in [6.45, 7) is 6.50. The number of hydrogen-bond donors (Lipinski definition) is 0. The Bertz CT molecular complexity index is 897. The Kier molecular flexibility index (Phi) is 5.08. The highest BCUT2D eigenvalue weighted by atomic mass is 32.2. The van der Waals surface area contributed by atoms with Gasteiger partial charge in [-0.3, -0.25) is 10.1 Å². The Labute approximate surface area is 155 Å². The molecule has 26 heavy (non-hydrogen) atoms. The van der Waals surface area contributed by atoms with Crippen molar-refractivity contribution in [2.45, 2.75) is 37.2 Å². The van der Waals surface area contributed by atoms with E-state index in [0.717, 1.165) is 11.1 Å². The second-order valence-electron chi connectivity index (χ2n) is 6.91. The lowest BCUT2D eigenvalue weighted by atomic mass is 9.87. The van der Waals surface area contributed by atoms with E-state index in [9.17, 15) is 10.1 Å². The zero-order valence-electron chi connectivity index (χ0n) is 14.8. The van der Waals surface area contributed by atoms with E-state index in [4.69, 9.17) is 4.42 Å². The maximum Gasteiger partial charge on any atom is 0.277 e. The number of non-ortho nitro benzene ring substituents is 1. The monoisotopic (exact) mass is 369 g/mol. The third-order valence-corrected chi connectivity index (χ3v) is 4.80. The van der Waals surface area contributed by atoms with Crippen molar-refractivity contribution in [3.63, 3.8) is 0 Å². The smallest absolute Gasteiger partial charge is 0.277 e. The molecule has 134 valence electrons. The summed E-state index contributed by atoms with van der Waals surface area (Å²) in [7, 11) is 0. The van der Waals surface area contributed by atoms with Crippen LogP contribution in [0.5, 0.6) is 0 Å². The van der Waals surface area contributed by atoms with E-state index in [1.165, 1.54) is 29.5 Å². The molecule has 0 aliphatic rings. The lowest BCUT2D eigenvalue weighted by Gasteiger charge is -2.18. The number of nitrogens with zero attached hydrogens (tertiary/aromatic N) is 3. The maximum atomic E-state index is 10.7. The zero-order chi connectivity index (χ0) is 18.7. The molecule has 0 radical (unpaired) electrons. The van der Waals surface area contributed by atoms with Gasteiger partial charge < -0.3 is 4.42 Å². The number of aromatic nitrogens is 2. The molecule has 3 aromatic rings. The van der Waals surface area contributed by atoms with Crippen molar-refractivity contribution in [3.8, 4) is 11.5 Å². The molecule has 0 bridgehead atoms. The summed E-state index contributed by atoms with van der Waals surface area (Å²) in [5.74, 6) is 1.08. The summed E-state index contributed by atoms with van der Waals surface area (Å²) in [5.41, 5.74) is 3.26. The van der Waals surface area contributed by atoms with E-state index in [1.807, 2.05) is 12.1 Å². The molecule has 0 amide bonds. The van der Waals surface area contributed by atoms with E-state index in [0.29, 0.717) is 16.9 Å². The molecular formula is C19H19N3O3S. The summed E-state index contributed by atoms with van der Waals surface area (Å²) < 4.78 is 5.71. The molecule has 2 aromatic carbocycles. The first-order chi connectivity index (χ1) is 12.3. The Morgan fingerprint density at radius 1 is 1.04 bits per heavy atom. The molecule has 6 nitrogen and oxygen atoms in total. The second-order valence-corrected chi connectivity index (χ2v) is 7.84. The SMILES string of the molecule is CC(C)(C)c1ccc(-c2nnc(SCc3ccc([N+](=O)[O-])cc3)o2)cc1. The van der Waals surface area contributed by atoms with Crippen LogP contribution < -0.4 is 0 Å². The van der Waals surface area contributed by atoms with E-state index >= 15 is 0 Å². The standard InChI is InChI=1S/C19H19N3O3S/c1-19(2,3)15-8-6-14(7-9-15)17-20-21-18(25-17)26-12-13-4-10-16(11-5-13)22(23)24/h4-11H,12H2,1-3H3. The van der Waals surface area contributed by atoms with Crippen LogP contribution in [0.2, 0.25) is 0 Å². The van der Waals surface area contributed by atoms with Gasteiger partial charge in [0.05, 0.1) is 4.92 Å². The minimum Gasteiger partial charge on any atom is -0.411 e. The molecule has 1 heterocycles. The van der Waals surface area contributed by atoms with Crippen molar-refractivity contribution < 1.29 is 9.34 Å². The average Bonchev–Trinajstić information content (AvgIpc) is 3.09. The van der Waals surface area contributed by atoms with Gasteiger partial charge in [0.2, 0.25) is 5.89 Å². The van der Waals surface area contributed by atoms with Crippen molar-refractivity contribution in [1.29, 1.82) is 0 Å². The van der Waals surface area contributed by atoms with Crippen LogP contribution in [0.4, 0.5) is 5.69 Å². The summed E-state index contributed by atoms with van der Waals surface area (Å²) in [6.07, 6.45) is 0. The lowest BCUT2D eigenvalue weighted by Crippen LogP contribution is -2.10. The van der Waals surface area contributed by atoms with Crippen LogP contribution in [-0.4, -0.2) is 15.1 Å². The van der Waals surface area contributed by atoms with Crippen LogP contribution in [-0.2, 0) is 11.2 Å². The first-order valence-corrected chi connectivity index (χ1v) is 9.12. The quantitative estimate of drug-likeness (QED) is 0.348. The predicted octanol–water partition coefficient (Wildman–Crippen LogP) is 5.23. The van der Waals surface area contributed by atoms with Gasteiger partial charge >= 0.3 is 0 Å². The number of rotatable bonds is 5. The summed E-state index contributed by atoms with van der Waals surface area (Å²) in [5, 5.41) is 19.3. The van der Waals surface area contributed by atoms with Crippen molar-refractivity contribution in [3.05, 3.63) is 69.8 Å². The molecule has 1 aromatic heterocycles. The van der Waals surface area contributed by atoms with Gasteiger partial charge in [-0.1, -0.05) is 56.8 Å². The van der Waals surface area contributed by atoms with Crippen LogP contribution in [0, 0.1) is 10.1 Å². The zero-order valence-corrected chi connectivity index (χ0v) is 15.6. The van der Waals surface area contributed by atoms with Crippen LogP contribution in [0.3, 0.4) is 0 Å². The molecule has 0 N–H and O–H groups in total. The molecule has 0 aliphatic heterocycles. The van der Waals surface area contributed by atoms with Gasteiger partial charge in [0.15, 0.2) is 0 Å². The molecule has 0 fully saturated rings. The number of nitro benzene ring substituents is 1. The molecular weight excluding hydrogens is 350 g/mol. The Hall–Kier alpha value is -2.67. The minimum atomic E-state index is -0.411. The van der Waals surface area contributed by atoms with Crippen molar-refractivity contribution in [2.24, 2.45) is 0 Å². The number of thioether (sulfide) groups is 1. The van der Waals surface area contributed by atoms with Crippen molar-refractivity contribution >= 4 is 17.4 Å². The van der Waals surface area contributed by atoms with Crippen LogP contribution in [0.25, 0.3) is 11.5 Å². The highest BCUT2D eigenvalue weighted by molar-refractivity contribution is 7.98. The number of nitro groups is 1. The Balaban J connectivity index is 1.65. The van der Waals surface area contributed by atoms with Gasteiger partial charge in [0.1, 0.15) is 0 Å². The third kappa shape index (κ3) is 4.29. The first kappa shape index (κ1) is 18.1. The van der Waals surface area contributed by atoms with E-state index in [1.54, 1.807) is 12.1 Å². The molecule has 3 rings (SSSR count). The van der Waals surface area contributed by atoms with Gasteiger partial charge in [-0.2, -0.15) is 0 Å². The van der Waals surface area contributed by atoms with Gasteiger partial charge in [0.25, 0.3) is 10.9 Å². The molecule has 0 saturated heterocycles. The van der Waals surface area contributed by atoms with Crippen LogP contribution in [0.1, 0.15) is 31.9 Å². The fraction of sp³-hybridized carbons (Fsp3) is 0.263. The number of benzene rings is 2. The van der Waals surface area contributed by atoms with Gasteiger partial charge in [-0.15, -0.1) is 10.2 Å². The highest BCUT2D eigenvalue weighted by Gasteiger charge is 2.15. The van der Waals surface area contributed by atoms with E-state index in [2.05, 4.69) is 43.1 Å². The van der Waals surface area contributed by atoms with Gasteiger partial charge in [-0.05, 0) is 28.7 Å². The molecule has 7 heteroatoms.